The van der Waals surface area contributed by atoms with Gasteiger partial charge < -0.3 is 30.4 Å². The number of carbonyl (C=O) groups excluding carboxylic acids is 1. The predicted molar refractivity (Wildman–Crippen MR) is 245 cm³/mol. The van der Waals surface area contributed by atoms with Crippen molar-refractivity contribution in [2.45, 2.75) is 109 Å². The van der Waals surface area contributed by atoms with Gasteiger partial charge in [0.2, 0.25) is 0 Å². The quantitative estimate of drug-likeness (QED) is 0.0642. The van der Waals surface area contributed by atoms with Gasteiger partial charge in [-0.05, 0) is 56.7 Å². The first-order valence-corrected chi connectivity index (χ1v) is 25.0. The van der Waals surface area contributed by atoms with Crippen molar-refractivity contribution < 1.29 is 28.9 Å². The maximum Gasteiger partial charge on any atom is 0.356 e. The molecule has 2 atom stereocenters. The first-order chi connectivity index (χ1) is 30.1. The highest BCUT2D eigenvalue weighted by atomic mass is 28.3. The largest absolute Gasteiger partial charge is 0.476 e. The van der Waals surface area contributed by atoms with Crippen LogP contribution >= 0.6 is 0 Å². The van der Waals surface area contributed by atoms with Crippen molar-refractivity contribution in [2.24, 2.45) is 0 Å². The molecule has 0 bridgehead atoms. The molecule has 336 valence electrons. The van der Waals surface area contributed by atoms with Crippen LogP contribution < -0.4 is 11.1 Å². The lowest BCUT2D eigenvalue weighted by molar-refractivity contribution is -0.00906. The van der Waals surface area contributed by atoms with E-state index in [-0.39, 0.29) is 22.8 Å². The van der Waals surface area contributed by atoms with Crippen LogP contribution in [-0.4, -0.2) is 96.6 Å². The van der Waals surface area contributed by atoms with E-state index in [2.05, 4.69) is 76.4 Å². The molecule has 2 aliphatic carbocycles. The summed E-state index contributed by atoms with van der Waals surface area (Å²) in [6.07, 6.45) is 11.5. The van der Waals surface area contributed by atoms with Gasteiger partial charge in [-0.2, -0.15) is 20.4 Å². The normalized spacial score (nSPS) is 18.0. The predicted octanol–water partition coefficient (Wildman–Crippen LogP) is 7.10. The molecule has 16 nitrogen and oxygen atoms in total. The first-order valence-electron chi connectivity index (χ1n) is 21.3. The van der Waals surface area contributed by atoms with E-state index in [0.717, 1.165) is 66.4 Å². The molecule has 0 fully saturated rings. The molecule has 0 aliphatic heterocycles. The van der Waals surface area contributed by atoms with E-state index >= 15 is 0 Å². The number of methoxy groups -OCH3 is 2. The topological polar surface area (TPSA) is 202 Å². The molecular formula is C46H62N10O6Si. The fraction of sp³-hybridized carbons (Fsp3) is 0.435. The zero-order valence-electron chi connectivity index (χ0n) is 37.6. The third-order valence-corrected chi connectivity index (χ3v) is 13.3. The Morgan fingerprint density at radius 1 is 0.841 bits per heavy atom. The van der Waals surface area contributed by atoms with Crippen LogP contribution in [0.15, 0.2) is 85.5 Å². The number of nitrogens with zero attached hydrogens (tertiary/aromatic N) is 7. The van der Waals surface area contributed by atoms with Gasteiger partial charge in [-0.15, -0.1) is 0 Å². The van der Waals surface area contributed by atoms with Gasteiger partial charge in [0.1, 0.15) is 6.73 Å². The average Bonchev–Trinajstić information content (AvgIpc) is 4.07. The molecule has 0 saturated heterocycles. The molecule has 6 aromatic rings. The summed E-state index contributed by atoms with van der Waals surface area (Å²) in [7, 11) is 2.29. The summed E-state index contributed by atoms with van der Waals surface area (Å²) in [4.78, 5) is 24.1. The number of aromatic amines is 1. The van der Waals surface area contributed by atoms with Gasteiger partial charge in [0.05, 0.1) is 48.1 Å². The lowest BCUT2D eigenvalue weighted by Gasteiger charge is -2.32. The molecule has 0 saturated carbocycles. The molecule has 2 aliphatic rings. The van der Waals surface area contributed by atoms with Crippen LogP contribution in [0.1, 0.15) is 81.3 Å². The first kappa shape index (κ1) is 46.6. The van der Waals surface area contributed by atoms with Crippen molar-refractivity contribution in [1.29, 1.82) is 0 Å². The Morgan fingerprint density at radius 3 is 2.00 bits per heavy atom. The van der Waals surface area contributed by atoms with Gasteiger partial charge in [0.25, 0.3) is 5.91 Å². The highest BCUT2D eigenvalue weighted by Gasteiger charge is 2.36. The summed E-state index contributed by atoms with van der Waals surface area (Å²) in [5.41, 5.74) is 13.2. The molecule has 4 heterocycles. The summed E-state index contributed by atoms with van der Waals surface area (Å²) >= 11 is 0. The van der Waals surface area contributed by atoms with Crippen molar-refractivity contribution in [3.8, 4) is 0 Å². The summed E-state index contributed by atoms with van der Waals surface area (Å²) in [6, 6.07) is 21.3. The molecule has 8 rings (SSSR count). The average molecular weight is 879 g/mol. The fourth-order valence-electron chi connectivity index (χ4n) is 7.55. The second-order valence-electron chi connectivity index (χ2n) is 17.9. The summed E-state index contributed by atoms with van der Waals surface area (Å²) < 4.78 is 22.3. The fourth-order valence-corrected chi connectivity index (χ4v) is 8.31. The van der Waals surface area contributed by atoms with Crippen LogP contribution in [0.25, 0.3) is 0 Å². The Balaban J connectivity index is 0.000000166. The summed E-state index contributed by atoms with van der Waals surface area (Å²) in [5, 5.41) is 32.2. The number of aromatic nitrogens is 8. The molecule has 17 heteroatoms. The molecule has 5 N–H and O–H groups in total. The van der Waals surface area contributed by atoms with Crippen LogP contribution in [0.2, 0.25) is 25.7 Å². The number of hydrogen-bond donors (Lipinski definition) is 4. The zero-order chi connectivity index (χ0) is 45.2. The minimum Gasteiger partial charge on any atom is -0.476 e. The molecule has 0 radical (unpaired) electrons. The van der Waals surface area contributed by atoms with E-state index in [0.29, 0.717) is 49.8 Å². The summed E-state index contributed by atoms with van der Waals surface area (Å²) in [6.45, 7) is 13.5. The second-order valence-corrected chi connectivity index (χ2v) is 23.6. The van der Waals surface area contributed by atoms with Crippen LogP contribution in [0.3, 0.4) is 0 Å². The molecule has 0 spiro atoms. The Labute approximate surface area is 370 Å². The standard InChI is InChI=1S/C20H23N5O2.C16H28N2O4Si.C10H11N3/c1-20(27-2)9-8-16-17(10-20)23-24-18(16)19(26)22-15-11-21-25(13-15)12-14-6-4-3-5-7-14;1-16(21-2)7-6-12-13(10-16)18(17-14(12)15(19)20)11-22-8-9-23(3,4)5;11-10-6-12-13(8-10)7-9-4-2-1-3-5-9/h3-7,11,13H,8-10,12H2,1-2H3,(H,22,26)(H,23,24);6-11H2,1-5H3,(H,19,20);1-6,8H,7,11H2. The van der Waals surface area contributed by atoms with Crippen molar-refractivity contribution in [3.05, 3.63) is 130 Å². The Morgan fingerprint density at radius 2 is 1.43 bits per heavy atom. The highest BCUT2D eigenvalue weighted by molar-refractivity contribution is 6.76. The molecule has 4 aromatic heterocycles. The lowest BCUT2D eigenvalue weighted by Crippen LogP contribution is -2.35. The number of nitrogen functional groups attached to an aromatic ring is 1. The van der Waals surface area contributed by atoms with Crippen molar-refractivity contribution >= 4 is 31.3 Å². The maximum atomic E-state index is 12.7. The Kier molecular flexibility index (Phi) is 15.2. The minimum absolute atomic E-state index is 0.159. The number of H-pyrrole nitrogens is 1. The number of nitrogens with two attached hydrogens (primary N) is 1. The Hall–Kier alpha value is -5.88. The van der Waals surface area contributed by atoms with E-state index in [9.17, 15) is 14.7 Å². The molecule has 2 aromatic carbocycles. The molecule has 1 amide bonds. The third-order valence-electron chi connectivity index (χ3n) is 11.6. The third kappa shape index (κ3) is 12.8. The van der Waals surface area contributed by atoms with Crippen LogP contribution in [0, 0.1) is 0 Å². The van der Waals surface area contributed by atoms with Gasteiger partial charge in [0.15, 0.2) is 11.4 Å². The Bertz CT molecular complexity index is 2420. The van der Waals surface area contributed by atoms with Crippen molar-refractivity contribution in [3.63, 3.8) is 0 Å². The van der Waals surface area contributed by atoms with E-state index in [1.165, 1.54) is 5.56 Å². The summed E-state index contributed by atoms with van der Waals surface area (Å²) in [5.74, 6) is -1.18. The molecule has 63 heavy (non-hydrogen) atoms. The van der Waals surface area contributed by atoms with E-state index in [4.69, 9.17) is 19.9 Å². The number of amides is 1. The van der Waals surface area contributed by atoms with Crippen molar-refractivity contribution in [2.75, 3.05) is 31.9 Å². The second kappa shape index (κ2) is 20.5. The number of hydrogen-bond acceptors (Lipinski definition) is 10. The van der Waals surface area contributed by atoms with E-state index < -0.39 is 14.0 Å². The smallest absolute Gasteiger partial charge is 0.356 e. The number of carbonyl (C=O) groups is 2. The minimum atomic E-state index is -1.13. The molecule has 2 unspecified atom stereocenters. The number of anilines is 2. The van der Waals surface area contributed by atoms with Crippen LogP contribution in [0.5, 0.6) is 0 Å². The van der Waals surface area contributed by atoms with Crippen molar-refractivity contribution in [1.82, 2.24) is 39.5 Å². The highest BCUT2D eigenvalue weighted by Crippen LogP contribution is 2.34. The van der Waals surface area contributed by atoms with E-state index in [1.54, 1.807) is 36.0 Å². The number of ether oxygens (including phenoxy) is 3. The van der Waals surface area contributed by atoms with Gasteiger partial charge in [-0.1, -0.05) is 80.3 Å². The number of carboxylic acid groups (broad SMARTS) is 1. The number of aromatic carboxylic acids is 1. The SMILES string of the molecule is COC1(C)CCc2c(C(=O)Nc3cnn(Cc4ccccc4)c3)n[nH]c2C1.COC1(C)CCc2c(C(=O)O)nn(COCC[Si](C)(C)C)c2C1.Nc1cnn(Cc2ccccc2)c1. The number of rotatable bonds is 14. The van der Waals surface area contributed by atoms with E-state index in [1.807, 2.05) is 65.6 Å². The number of nitrogens with one attached hydrogen (secondary N) is 2. The van der Waals surface area contributed by atoms with Gasteiger partial charge >= 0.3 is 5.97 Å². The zero-order valence-corrected chi connectivity index (χ0v) is 38.6. The number of fused-ring (bicyclic) bond motifs is 2. The van der Waals surface area contributed by atoms with Crippen LogP contribution in [-0.2, 0) is 59.7 Å². The van der Waals surface area contributed by atoms with Gasteiger partial charge in [0, 0.05) is 76.7 Å². The van der Waals surface area contributed by atoms with Gasteiger partial charge in [-0.3, -0.25) is 19.3 Å². The lowest BCUT2D eigenvalue weighted by atomic mass is 9.84. The maximum absolute atomic E-state index is 12.7. The van der Waals surface area contributed by atoms with Gasteiger partial charge in [-0.25, -0.2) is 9.48 Å². The molecular weight excluding hydrogens is 817 g/mol. The van der Waals surface area contributed by atoms with Crippen LogP contribution in [0.4, 0.5) is 11.4 Å². The monoisotopic (exact) mass is 878 g/mol. The number of carboxylic acids is 1. The number of benzene rings is 2.